The summed E-state index contributed by atoms with van der Waals surface area (Å²) in [6, 6.07) is 121. The Kier molecular flexibility index (Phi) is 15.5. The van der Waals surface area contributed by atoms with Crippen molar-refractivity contribution in [2.45, 2.75) is 0 Å². The minimum Gasteiger partial charge on any atom is -0.356 e. The third-order valence-corrected chi connectivity index (χ3v) is 27.9. The van der Waals surface area contributed by atoms with E-state index in [0.29, 0.717) is 0 Å². The number of nitrogens with one attached hydrogen (secondary N) is 1. The first-order valence-electron chi connectivity index (χ1n) is 29.3. The molecule has 2 heterocycles. The Morgan fingerprint density at radius 3 is 0.966 bits per heavy atom. The number of para-hydroxylation sites is 4. The summed E-state index contributed by atoms with van der Waals surface area (Å²) < 4.78 is 1.10. The van der Waals surface area contributed by atoms with E-state index in [4.69, 9.17) is 23.2 Å². The molecule has 2 aliphatic heterocycles. The molecule has 0 aromatic heterocycles. The van der Waals surface area contributed by atoms with E-state index in [1.807, 2.05) is 60.7 Å². The molecule has 0 saturated heterocycles. The maximum Gasteiger partial charge on any atom is 0.180 e. The molecule has 14 aromatic carbocycles. The lowest BCUT2D eigenvalue weighted by Crippen LogP contribution is -2.72. The van der Waals surface area contributed by atoms with Crippen molar-refractivity contribution in [2.75, 3.05) is 10.2 Å². The Labute approximate surface area is 529 Å². The van der Waals surface area contributed by atoms with Crippen LogP contribution in [0.5, 0.6) is 0 Å². The van der Waals surface area contributed by atoms with Gasteiger partial charge in [-0.2, -0.15) is 0 Å². The van der Waals surface area contributed by atoms with Crippen molar-refractivity contribution in [3.05, 3.63) is 354 Å². The largest absolute Gasteiger partial charge is 0.356 e. The average Bonchev–Trinajstić information content (AvgIpc) is 1.56. The van der Waals surface area contributed by atoms with Gasteiger partial charge in [0.2, 0.25) is 0 Å². The fraction of sp³-hybridized carbons (Fsp3) is 0. The van der Waals surface area contributed by atoms with E-state index in [1.165, 1.54) is 74.5 Å². The Morgan fingerprint density at radius 2 is 0.586 bits per heavy atom. The van der Waals surface area contributed by atoms with Crippen LogP contribution in [-0.4, -0.2) is 16.1 Å². The van der Waals surface area contributed by atoms with Crippen LogP contribution in [0.3, 0.4) is 0 Å². The van der Waals surface area contributed by atoms with Crippen LogP contribution in [0.1, 0.15) is 0 Å². The van der Waals surface area contributed by atoms with Crippen molar-refractivity contribution in [3.8, 4) is 22.3 Å². The summed E-state index contributed by atoms with van der Waals surface area (Å²) >= 11 is 17.8. The molecule has 2 nitrogen and oxygen atoms in total. The molecule has 0 fully saturated rings. The minimum atomic E-state index is -2.69. The number of halogens is 3. The van der Waals surface area contributed by atoms with Gasteiger partial charge in [-0.15, -0.1) is 0 Å². The Hall–Kier alpha value is -9.31. The summed E-state index contributed by atoms with van der Waals surface area (Å²) in [6.07, 6.45) is 0. The molecule has 0 amide bonds. The normalized spacial score (nSPS) is 12.7. The molecule has 0 radical (unpaired) electrons. The second-order valence-corrected chi connectivity index (χ2v) is 31.1. The van der Waals surface area contributed by atoms with Gasteiger partial charge in [0.1, 0.15) is 0 Å². The van der Waals surface area contributed by atoms with E-state index in [0.717, 1.165) is 53.7 Å². The predicted molar refractivity (Wildman–Crippen MR) is 382 cm³/mol. The quantitative estimate of drug-likeness (QED) is 0.145. The molecular formula is C80H57BrCl2N2Si2. The van der Waals surface area contributed by atoms with Gasteiger partial charge in [0.05, 0.1) is 0 Å². The lowest BCUT2D eigenvalue weighted by molar-refractivity contribution is 1.29. The first-order chi connectivity index (χ1) is 42.9. The maximum absolute atomic E-state index is 7.14. The van der Waals surface area contributed by atoms with Crippen molar-refractivity contribution in [1.82, 2.24) is 0 Å². The van der Waals surface area contributed by atoms with E-state index in [-0.39, 0.29) is 0 Å². The minimum absolute atomic E-state index is 0.807. The van der Waals surface area contributed by atoms with Crippen molar-refractivity contribution in [1.29, 1.82) is 0 Å². The van der Waals surface area contributed by atoms with Crippen LogP contribution in [0.2, 0.25) is 10.0 Å². The lowest BCUT2D eigenvalue weighted by atomic mass is 9.97. The molecule has 0 spiro atoms. The van der Waals surface area contributed by atoms with Gasteiger partial charge in [-0.05, 0) is 159 Å². The van der Waals surface area contributed by atoms with Crippen LogP contribution in [0, 0.1) is 0 Å². The molecule has 2 aliphatic rings. The summed E-state index contributed by atoms with van der Waals surface area (Å²) in [5.41, 5.74) is 10.9. The fourth-order valence-corrected chi connectivity index (χ4v) is 25.0. The summed E-state index contributed by atoms with van der Waals surface area (Å²) in [7, 11) is -5.20. The predicted octanol–water partition coefficient (Wildman–Crippen LogP) is 17.4. The molecule has 16 rings (SSSR count). The SMILES string of the molecule is Clc1cc2c(c3ccccc13)-c1cc(Br)ccc1[Si]2(c1ccccc1)c1ccccc1.Clc1cc2c(c3ccccc13)-c1cc(N(c3ccccc3)c3ccccc3)ccc1[Si]2(c1ccccc1)c1ccccc1.c1ccc(Nc2ccccc2)cc1. The summed E-state index contributed by atoms with van der Waals surface area (Å²) in [4.78, 5) is 2.35. The second kappa shape index (κ2) is 24.2. The van der Waals surface area contributed by atoms with Crippen LogP contribution < -0.4 is 51.7 Å². The molecule has 1 N–H and O–H groups in total. The number of fused-ring (bicyclic) bond motifs is 10. The molecule has 0 saturated carbocycles. The molecular weight excluding hydrogens is 1200 g/mol. The van der Waals surface area contributed by atoms with Crippen LogP contribution in [-0.2, 0) is 0 Å². The average molecular weight is 1250 g/mol. The summed E-state index contributed by atoms with van der Waals surface area (Å²) in [6.45, 7) is 0. The number of anilines is 5. The monoisotopic (exact) mass is 1250 g/mol. The highest BCUT2D eigenvalue weighted by Gasteiger charge is 2.51. The van der Waals surface area contributed by atoms with Crippen molar-refractivity contribution < 1.29 is 0 Å². The van der Waals surface area contributed by atoms with Gasteiger partial charge in [-0.25, -0.2) is 0 Å². The molecule has 0 unspecified atom stereocenters. The molecule has 0 atom stereocenters. The van der Waals surface area contributed by atoms with E-state index in [1.54, 1.807) is 0 Å². The number of rotatable bonds is 9. The van der Waals surface area contributed by atoms with Gasteiger partial charge in [0, 0.05) is 53.7 Å². The zero-order valence-electron chi connectivity index (χ0n) is 47.4. The zero-order valence-corrected chi connectivity index (χ0v) is 52.5. The van der Waals surface area contributed by atoms with Gasteiger partial charge in [-0.1, -0.05) is 294 Å². The van der Waals surface area contributed by atoms with Crippen LogP contribution in [0.4, 0.5) is 28.4 Å². The van der Waals surface area contributed by atoms with Crippen molar-refractivity contribution >= 4 is 147 Å². The first-order valence-corrected chi connectivity index (χ1v) is 34.9. The Balaban J connectivity index is 0.000000131. The fourth-order valence-electron chi connectivity index (χ4n) is 13.5. The van der Waals surface area contributed by atoms with E-state index < -0.39 is 16.1 Å². The molecule has 87 heavy (non-hydrogen) atoms. The Morgan fingerprint density at radius 1 is 0.276 bits per heavy atom. The van der Waals surface area contributed by atoms with Gasteiger partial charge >= 0.3 is 0 Å². The highest BCUT2D eigenvalue weighted by Crippen LogP contribution is 2.43. The standard InChI is InChI=1S/C40H28ClNSi.C28H18BrClSi.C12H11N/c41-37-28-39-40(35-24-14-13-23-34(35)37)36-27-31(42(29-15-5-1-6-16-29)30-17-7-2-8-18-30)25-26-38(36)43(39,32-19-9-3-10-20-32)33-21-11-4-12-22-33;29-19-15-16-26-24(17-19)28-23-14-8-7-13-22(23)25(30)18-27(28)31(26,20-9-3-1-4-10-20)21-11-5-2-6-12-21;1-3-7-11(8-4-1)13-12-9-5-2-6-10-12/h1-28H;1-18H;1-10,13H. The van der Waals surface area contributed by atoms with E-state index in [2.05, 4.69) is 305 Å². The number of hydrogen-bond donors (Lipinski definition) is 1. The highest BCUT2D eigenvalue weighted by molar-refractivity contribution is 9.10. The summed E-state index contributed by atoms with van der Waals surface area (Å²) in [5, 5.41) is 20.6. The number of hydrogen-bond acceptors (Lipinski definition) is 2. The van der Waals surface area contributed by atoms with Crippen molar-refractivity contribution in [3.63, 3.8) is 0 Å². The molecule has 7 heteroatoms. The maximum atomic E-state index is 7.14. The van der Waals surface area contributed by atoms with E-state index in [9.17, 15) is 0 Å². The van der Waals surface area contributed by atoms with Gasteiger partial charge in [-0.3, -0.25) is 0 Å². The van der Waals surface area contributed by atoms with Crippen LogP contribution in [0.15, 0.2) is 344 Å². The molecule has 0 bridgehead atoms. The molecule has 416 valence electrons. The van der Waals surface area contributed by atoms with Crippen LogP contribution in [0.25, 0.3) is 43.8 Å². The lowest BCUT2D eigenvalue weighted by Gasteiger charge is -2.32. The Bertz CT molecular complexity index is 4580. The topological polar surface area (TPSA) is 15.3 Å². The van der Waals surface area contributed by atoms with Gasteiger partial charge < -0.3 is 10.2 Å². The third kappa shape index (κ3) is 10.0. The zero-order chi connectivity index (χ0) is 58.7. The van der Waals surface area contributed by atoms with Crippen molar-refractivity contribution in [2.24, 2.45) is 0 Å². The number of benzene rings is 14. The first kappa shape index (κ1) is 55.6. The van der Waals surface area contributed by atoms with Gasteiger partial charge in [0.25, 0.3) is 0 Å². The summed E-state index contributed by atoms with van der Waals surface area (Å²) in [5.74, 6) is 0. The van der Waals surface area contributed by atoms with Gasteiger partial charge in [0.15, 0.2) is 16.1 Å². The smallest absolute Gasteiger partial charge is 0.180 e. The highest BCUT2D eigenvalue weighted by atomic mass is 79.9. The molecule has 14 aromatic rings. The molecule has 0 aliphatic carbocycles. The van der Waals surface area contributed by atoms with Crippen LogP contribution >= 0.6 is 39.1 Å². The number of nitrogens with zero attached hydrogens (tertiary/aromatic N) is 1. The van der Waals surface area contributed by atoms with E-state index >= 15 is 0 Å². The third-order valence-electron chi connectivity index (χ3n) is 17.1. The second-order valence-electron chi connectivity index (χ2n) is 21.9.